The van der Waals surface area contributed by atoms with E-state index in [-0.39, 0.29) is 35.8 Å². The maximum Gasteiger partial charge on any atom is 0.0629 e. The third kappa shape index (κ3) is 3.47. The molecule has 0 heteroatoms. The summed E-state index contributed by atoms with van der Waals surface area (Å²) in [5.74, 6) is 0. The van der Waals surface area contributed by atoms with Crippen LogP contribution in [0.15, 0.2) is 158 Å². The van der Waals surface area contributed by atoms with Gasteiger partial charge in [0.2, 0.25) is 0 Å². The molecule has 0 unspecified atom stereocenters. The van der Waals surface area contributed by atoms with Crippen LogP contribution >= 0.6 is 0 Å². The zero-order chi connectivity index (χ0) is 30.8. The van der Waals surface area contributed by atoms with E-state index in [0.29, 0.717) is 5.56 Å². The highest BCUT2D eigenvalue weighted by molar-refractivity contribution is 6.25. The van der Waals surface area contributed by atoms with Crippen LogP contribution in [0.5, 0.6) is 0 Å². The predicted octanol–water partition coefficient (Wildman–Crippen LogP) is 11.3. The average Bonchev–Trinajstić information content (AvgIpc) is 3.09. The third-order valence-corrected chi connectivity index (χ3v) is 7.95. The van der Waals surface area contributed by atoms with Crippen LogP contribution in [0, 0.1) is 0 Å². The van der Waals surface area contributed by atoms with Gasteiger partial charge in [-0.05, 0) is 76.5 Å². The molecule has 0 saturated heterocycles. The molecule has 0 spiro atoms. The Labute approximate surface area is 240 Å². The fraction of sp³-hybridized carbons (Fsp3) is 0. The second-order valence-corrected chi connectivity index (χ2v) is 10.1. The van der Waals surface area contributed by atoms with Gasteiger partial charge in [0.25, 0.3) is 0 Å². The van der Waals surface area contributed by atoms with Crippen molar-refractivity contribution >= 4 is 43.1 Å². The van der Waals surface area contributed by atoms with Gasteiger partial charge >= 0.3 is 0 Å². The summed E-state index contributed by atoms with van der Waals surface area (Å²) in [6.45, 7) is 0. The molecule has 0 radical (unpaired) electrons. The van der Waals surface area contributed by atoms with E-state index in [4.69, 9.17) is 6.85 Å². The molecule has 0 atom stereocenters. The number of benzene rings is 8. The summed E-state index contributed by atoms with van der Waals surface area (Å²) in [4.78, 5) is 0. The number of rotatable bonds is 3. The van der Waals surface area contributed by atoms with Crippen molar-refractivity contribution in [2.75, 3.05) is 0 Å². The molecule has 0 aliphatic rings. The van der Waals surface area contributed by atoms with Gasteiger partial charge in [-0.15, -0.1) is 0 Å². The number of hydrogen-bond donors (Lipinski definition) is 0. The maximum absolute atomic E-state index is 8.67. The molecule has 186 valence electrons. The zero-order valence-corrected chi connectivity index (χ0v) is 21.6. The van der Waals surface area contributed by atoms with Crippen molar-refractivity contribution in [3.63, 3.8) is 0 Å². The second-order valence-electron chi connectivity index (χ2n) is 10.1. The highest BCUT2D eigenvalue weighted by atomic mass is 14.2. The van der Waals surface area contributed by atoms with Gasteiger partial charge in [-0.3, -0.25) is 0 Å². The fourth-order valence-corrected chi connectivity index (χ4v) is 6.27. The van der Waals surface area contributed by atoms with E-state index in [1.54, 1.807) is 0 Å². The normalized spacial score (nSPS) is 13.2. The Morgan fingerprint density at radius 2 is 0.750 bits per heavy atom. The van der Waals surface area contributed by atoms with Crippen molar-refractivity contribution in [2.24, 2.45) is 0 Å². The van der Waals surface area contributed by atoms with E-state index in [0.717, 1.165) is 43.4 Å². The van der Waals surface area contributed by atoms with Crippen LogP contribution < -0.4 is 0 Å². The molecule has 8 aromatic carbocycles. The SMILES string of the molecule is [2H]c1c([2H])c([2H])c(-c2ccc(-c3c4ccccc4c(-c4cccc5ccccc45)c4ccccc34)c3ccccc23)c([2H])c1[2H]. The Hall–Kier alpha value is -5.20. The summed E-state index contributed by atoms with van der Waals surface area (Å²) in [7, 11) is 0. The lowest BCUT2D eigenvalue weighted by Gasteiger charge is -2.20. The Morgan fingerprint density at radius 3 is 1.35 bits per heavy atom. The summed E-state index contributed by atoms with van der Waals surface area (Å²) < 4.78 is 42.0. The molecule has 0 nitrogen and oxygen atoms in total. The van der Waals surface area contributed by atoms with Gasteiger partial charge in [0.05, 0.1) is 6.85 Å². The number of fused-ring (bicyclic) bond motifs is 4. The van der Waals surface area contributed by atoms with E-state index in [1.807, 2.05) is 30.3 Å². The fourth-order valence-electron chi connectivity index (χ4n) is 6.27. The third-order valence-electron chi connectivity index (χ3n) is 7.95. The summed E-state index contributed by atoms with van der Waals surface area (Å²) in [5, 5.41) is 8.75. The van der Waals surface area contributed by atoms with E-state index in [1.165, 1.54) is 21.9 Å². The molecular weight excluding hydrogens is 480 g/mol. The molecule has 0 fully saturated rings. The van der Waals surface area contributed by atoms with E-state index < -0.39 is 0 Å². The standard InChI is InChI=1S/C40H26/c1-2-13-27(14-3-1)30-25-26-38(32-19-7-6-18-31(30)32)40-36-22-10-8-20-34(36)39(35-21-9-11-23-37(35)40)33-24-12-16-28-15-4-5-17-29(28)33/h1-26H/i1D,2D,3D,13D,14D. The van der Waals surface area contributed by atoms with Crippen LogP contribution in [0.3, 0.4) is 0 Å². The Morgan fingerprint density at radius 1 is 0.325 bits per heavy atom. The van der Waals surface area contributed by atoms with Gasteiger partial charge in [-0.25, -0.2) is 0 Å². The summed E-state index contributed by atoms with van der Waals surface area (Å²) in [6.07, 6.45) is 0. The van der Waals surface area contributed by atoms with Crippen LogP contribution in [-0.2, 0) is 0 Å². The predicted molar refractivity (Wildman–Crippen MR) is 173 cm³/mol. The first-order valence-corrected chi connectivity index (χ1v) is 13.5. The second kappa shape index (κ2) is 9.22. The first kappa shape index (κ1) is 18.2. The summed E-state index contributed by atoms with van der Waals surface area (Å²) >= 11 is 0. The molecule has 0 aliphatic carbocycles. The summed E-state index contributed by atoms with van der Waals surface area (Å²) in [5.41, 5.74) is 5.35. The molecule has 0 bridgehead atoms. The van der Waals surface area contributed by atoms with Crippen molar-refractivity contribution < 1.29 is 6.85 Å². The molecule has 8 aromatic rings. The van der Waals surface area contributed by atoms with Gasteiger partial charge in [-0.2, -0.15) is 0 Å². The van der Waals surface area contributed by atoms with Crippen LogP contribution in [0.4, 0.5) is 0 Å². The van der Waals surface area contributed by atoms with E-state index >= 15 is 0 Å². The highest BCUT2D eigenvalue weighted by Crippen LogP contribution is 2.47. The lowest BCUT2D eigenvalue weighted by Crippen LogP contribution is -1.93. The molecule has 8 rings (SSSR count). The molecule has 40 heavy (non-hydrogen) atoms. The Bertz CT molecular complexity index is 2400. The van der Waals surface area contributed by atoms with Crippen molar-refractivity contribution in [3.8, 4) is 33.4 Å². The minimum Gasteiger partial charge on any atom is -0.0622 e. The molecular formula is C40H26. The van der Waals surface area contributed by atoms with Gasteiger partial charge < -0.3 is 0 Å². The lowest BCUT2D eigenvalue weighted by molar-refractivity contribution is 1.64. The minimum atomic E-state index is -0.390. The largest absolute Gasteiger partial charge is 0.0629 e. The van der Waals surface area contributed by atoms with Crippen molar-refractivity contribution in [3.05, 3.63) is 158 Å². The molecule has 0 aliphatic heterocycles. The lowest BCUT2D eigenvalue weighted by atomic mass is 9.83. The van der Waals surface area contributed by atoms with Gasteiger partial charge in [0.15, 0.2) is 0 Å². The van der Waals surface area contributed by atoms with E-state index in [2.05, 4.69) is 97.1 Å². The average molecular weight is 512 g/mol. The Balaban J connectivity index is 1.49. The van der Waals surface area contributed by atoms with Crippen LogP contribution in [0.2, 0.25) is 0 Å². The molecule has 0 amide bonds. The van der Waals surface area contributed by atoms with Crippen LogP contribution in [-0.4, -0.2) is 0 Å². The molecule has 0 saturated carbocycles. The molecule has 0 aromatic heterocycles. The zero-order valence-electron chi connectivity index (χ0n) is 26.6. The van der Waals surface area contributed by atoms with Gasteiger partial charge in [0, 0.05) is 0 Å². The smallest absolute Gasteiger partial charge is 0.0622 e. The van der Waals surface area contributed by atoms with Crippen molar-refractivity contribution in [2.45, 2.75) is 0 Å². The quantitative estimate of drug-likeness (QED) is 0.207. The van der Waals surface area contributed by atoms with E-state index in [9.17, 15) is 0 Å². The van der Waals surface area contributed by atoms with Crippen molar-refractivity contribution in [1.29, 1.82) is 0 Å². The number of hydrogen-bond acceptors (Lipinski definition) is 0. The first-order valence-electron chi connectivity index (χ1n) is 16.0. The Kier molecular flexibility index (Phi) is 4.18. The van der Waals surface area contributed by atoms with Crippen molar-refractivity contribution in [1.82, 2.24) is 0 Å². The minimum absolute atomic E-state index is 0.200. The van der Waals surface area contributed by atoms with Crippen LogP contribution in [0.1, 0.15) is 6.85 Å². The van der Waals surface area contributed by atoms with Crippen LogP contribution in [0.25, 0.3) is 76.5 Å². The monoisotopic (exact) mass is 511 g/mol. The van der Waals surface area contributed by atoms with Gasteiger partial charge in [-0.1, -0.05) is 158 Å². The topological polar surface area (TPSA) is 0 Å². The maximum atomic E-state index is 8.67. The first-order chi connectivity index (χ1) is 22.0. The molecule has 0 N–H and O–H groups in total. The van der Waals surface area contributed by atoms with Gasteiger partial charge in [0.1, 0.15) is 0 Å². The molecule has 0 heterocycles. The highest BCUT2D eigenvalue weighted by Gasteiger charge is 2.19. The summed E-state index contributed by atoms with van der Waals surface area (Å²) in [6, 6.07) is 42.6.